The van der Waals surface area contributed by atoms with Gasteiger partial charge in [-0.05, 0) is 66.8 Å². The quantitative estimate of drug-likeness (QED) is 0.685. The minimum absolute atomic E-state index is 0.130. The summed E-state index contributed by atoms with van der Waals surface area (Å²) in [5.74, 6) is -0.130. The standard InChI is InChI=1S/C16H33N3O2/c1-6-17-16(3,15(20)21-7-2)10-13-19-11-8-14(9-12-19)18(4)5/h14,17H,6-13H2,1-5H3. The molecule has 1 atom stereocenters. The van der Waals surface area contributed by atoms with Crippen molar-refractivity contribution in [3.05, 3.63) is 0 Å². The summed E-state index contributed by atoms with van der Waals surface area (Å²) in [5, 5.41) is 3.30. The summed E-state index contributed by atoms with van der Waals surface area (Å²) in [4.78, 5) is 16.9. The molecule has 1 aliphatic rings. The van der Waals surface area contributed by atoms with Crippen molar-refractivity contribution in [2.24, 2.45) is 0 Å². The molecular formula is C16H33N3O2. The number of carbonyl (C=O) groups excluding carboxylic acids is 1. The van der Waals surface area contributed by atoms with E-state index in [4.69, 9.17) is 4.74 Å². The first-order valence-corrected chi connectivity index (χ1v) is 8.24. The van der Waals surface area contributed by atoms with Gasteiger partial charge in [-0.15, -0.1) is 0 Å². The molecule has 0 aromatic carbocycles. The Morgan fingerprint density at radius 3 is 2.43 bits per heavy atom. The van der Waals surface area contributed by atoms with Crippen molar-refractivity contribution < 1.29 is 9.53 Å². The monoisotopic (exact) mass is 299 g/mol. The molecule has 1 saturated heterocycles. The molecule has 0 radical (unpaired) electrons. The van der Waals surface area contributed by atoms with Crippen LogP contribution in [0.1, 0.15) is 40.0 Å². The van der Waals surface area contributed by atoms with E-state index >= 15 is 0 Å². The summed E-state index contributed by atoms with van der Waals surface area (Å²) >= 11 is 0. The van der Waals surface area contributed by atoms with Crippen LogP contribution < -0.4 is 5.32 Å². The summed E-state index contributed by atoms with van der Waals surface area (Å²) in [6.45, 7) is 10.2. The highest BCUT2D eigenvalue weighted by Gasteiger charge is 2.34. The maximum absolute atomic E-state index is 12.2. The first kappa shape index (κ1) is 18.4. The van der Waals surface area contributed by atoms with E-state index < -0.39 is 5.54 Å². The normalized spacial score (nSPS) is 20.5. The van der Waals surface area contributed by atoms with Crippen LogP contribution >= 0.6 is 0 Å². The molecule has 1 aliphatic heterocycles. The number of rotatable bonds is 8. The molecule has 0 bridgehead atoms. The number of ether oxygens (including phenoxy) is 1. The van der Waals surface area contributed by atoms with Crippen LogP contribution in [0.25, 0.3) is 0 Å². The van der Waals surface area contributed by atoms with Crippen LogP contribution in [0, 0.1) is 0 Å². The third-order valence-electron chi connectivity index (χ3n) is 4.51. The fraction of sp³-hybridized carbons (Fsp3) is 0.938. The van der Waals surface area contributed by atoms with Gasteiger partial charge in [-0.3, -0.25) is 4.79 Å². The first-order valence-electron chi connectivity index (χ1n) is 8.24. The molecule has 0 aromatic rings. The van der Waals surface area contributed by atoms with E-state index in [9.17, 15) is 4.79 Å². The number of carbonyl (C=O) groups is 1. The van der Waals surface area contributed by atoms with Crippen LogP contribution in [0.3, 0.4) is 0 Å². The Bertz CT molecular complexity index is 315. The van der Waals surface area contributed by atoms with E-state index in [2.05, 4.69) is 29.2 Å². The zero-order valence-electron chi connectivity index (χ0n) is 14.4. The summed E-state index contributed by atoms with van der Waals surface area (Å²) in [6, 6.07) is 0.700. The number of hydrogen-bond acceptors (Lipinski definition) is 5. The molecule has 1 unspecified atom stereocenters. The van der Waals surface area contributed by atoms with E-state index in [-0.39, 0.29) is 5.97 Å². The predicted molar refractivity (Wildman–Crippen MR) is 86.5 cm³/mol. The van der Waals surface area contributed by atoms with Crippen LogP contribution in [0.4, 0.5) is 0 Å². The number of likely N-dealkylation sites (N-methyl/N-ethyl adjacent to an activating group) is 1. The second kappa shape index (κ2) is 8.71. The predicted octanol–water partition coefficient (Wildman–Crippen LogP) is 1.33. The molecule has 5 nitrogen and oxygen atoms in total. The van der Waals surface area contributed by atoms with Crippen molar-refractivity contribution >= 4 is 5.97 Å². The second-order valence-electron chi connectivity index (χ2n) is 6.37. The minimum atomic E-state index is -0.566. The number of nitrogens with one attached hydrogen (secondary N) is 1. The zero-order valence-corrected chi connectivity index (χ0v) is 14.4. The van der Waals surface area contributed by atoms with Crippen molar-refractivity contribution in [2.45, 2.75) is 51.6 Å². The average Bonchev–Trinajstić information content (AvgIpc) is 2.46. The summed E-state index contributed by atoms with van der Waals surface area (Å²) in [5.41, 5.74) is -0.566. The number of nitrogens with zero attached hydrogens (tertiary/aromatic N) is 2. The van der Waals surface area contributed by atoms with Crippen molar-refractivity contribution in [1.29, 1.82) is 0 Å². The average molecular weight is 299 g/mol. The summed E-state index contributed by atoms with van der Waals surface area (Å²) < 4.78 is 5.22. The Morgan fingerprint density at radius 1 is 1.33 bits per heavy atom. The van der Waals surface area contributed by atoms with Gasteiger partial charge < -0.3 is 19.9 Å². The third-order valence-corrected chi connectivity index (χ3v) is 4.51. The van der Waals surface area contributed by atoms with Crippen molar-refractivity contribution in [2.75, 3.05) is 46.9 Å². The first-order chi connectivity index (χ1) is 9.92. The van der Waals surface area contributed by atoms with Gasteiger partial charge in [0.15, 0.2) is 0 Å². The van der Waals surface area contributed by atoms with Gasteiger partial charge in [0, 0.05) is 12.6 Å². The minimum Gasteiger partial charge on any atom is -0.465 e. The van der Waals surface area contributed by atoms with Crippen LogP contribution in [0.5, 0.6) is 0 Å². The molecule has 0 aliphatic carbocycles. The number of hydrogen-bond donors (Lipinski definition) is 1. The second-order valence-corrected chi connectivity index (χ2v) is 6.37. The maximum Gasteiger partial charge on any atom is 0.326 e. The zero-order chi connectivity index (χ0) is 15.9. The molecule has 0 amide bonds. The molecule has 21 heavy (non-hydrogen) atoms. The molecular weight excluding hydrogens is 266 g/mol. The topological polar surface area (TPSA) is 44.8 Å². The molecule has 124 valence electrons. The number of piperidine rings is 1. The molecule has 1 N–H and O–H groups in total. The lowest BCUT2D eigenvalue weighted by Crippen LogP contribution is -2.53. The van der Waals surface area contributed by atoms with E-state index in [1.165, 1.54) is 12.8 Å². The molecule has 0 aromatic heterocycles. The van der Waals surface area contributed by atoms with Gasteiger partial charge in [0.25, 0.3) is 0 Å². The summed E-state index contributed by atoms with van der Waals surface area (Å²) in [7, 11) is 4.31. The lowest BCUT2D eigenvalue weighted by atomic mass is 9.96. The van der Waals surface area contributed by atoms with Crippen LogP contribution in [-0.4, -0.2) is 74.2 Å². The molecule has 0 saturated carbocycles. The maximum atomic E-state index is 12.2. The molecule has 1 rings (SSSR count). The Morgan fingerprint density at radius 2 is 1.95 bits per heavy atom. The fourth-order valence-electron chi connectivity index (χ4n) is 2.98. The van der Waals surface area contributed by atoms with Gasteiger partial charge >= 0.3 is 5.97 Å². The highest BCUT2D eigenvalue weighted by molar-refractivity contribution is 5.80. The SMILES string of the molecule is CCNC(C)(CCN1CCC(N(C)C)CC1)C(=O)OCC. The van der Waals surface area contributed by atoms with Gasteiger partial charge in [0.05, 0.1) is 6.61 Å². The van der Waals surface area contributed by atoms with Gasteiger partial charge in [-0.1, -0.05) is 6.92 Å². The van der Waals surface area contributed by atoms with Gasteiger partial charge in [0.1, 0.15) is 5.54 Å². The Labute approximate surface area is 130 Å². The van der Waals surface area contributed by atoms with Gasteiger partial charge in [0.2, 0.25) is 0 Å². The summed E-state index contributed by atoms with van der Waals surface area (Å²) in [6.07, 6.45) is 3.22. The Balaban J connectivity index is 2.45. The van der Waals surface area contributed by atoms with Gasteiger partial charge in [-0.25, -0.2) is 0 Å². The highest BCUT2D eigenvalue weighted by atomic mass is 16.5. The van der Waals surface area contributed by atoms with Crippen LogP contribution in [0.15, 0.2) is 0 Å². The van der Waals surface area contributed by atoms with E-state index in [0.29, 0.717) is 12.6 Å². The number of esters is 1. The third kappa shape index (κ3) is 5.57. The lowest BCUT2D eigenvalue weighted by molar-refractivity contribution is -0.151. The molecule has 0 spiro atoms. The van der Waals surface area contributed by atoms with Gasteiger partial charge in [-0.2, -0.15) is 0 Å². The smallest absolute Gasteiger partial charge is 0.326 e. The largest absolute Gasteiger partial charge is 0.465 e. The van der Waals surface area contributed by atoms with E-state index in [1.807, 2.05) is 20.8 Å². The van der Waals surface area contributed by atoms with Crippen molar-refractivity contribution in [3.8, 4) is 0 Å². The van der Waals surface area contributed by atoms with Crippen molar-refractivity contribution in [3.63, 3.8) is 0 Å². The van der Waals surface area contributed by atoms with E-state index in [0.717, 1.165) is 32.6 Å². The Kier molecular flexibility index (Phi) is 7.63. The van der Waals surface area contributed by atoms with E-state index in [1.54, 1.807) is 0 Å². The highest BCUT2D eigenvalue weighted by Crippen LogP contribution is 2.18. The fourth-order valence-corrected chi connectivity index (χ4v) is 2.98. The number of likely N-dealkylation sites (tertiary alicyclic amines) is 1. The van der Waals surface area contributed by atoms with Crippen LogP contribution in [0.2, 0.25) is 0 Å². The van der Waals surface area contributed by atoms with Crippen LogP contribution in [-0.2, 0) is 9.53 Å². The molecule has 5 heteroatoms. The molecule has 1 heterocycles. The lowest BCUT2D eigenvalue weighted by Gasteiger charge is -2.37. The van der Waals surface area contributed by atoms with Crippen molar-refractivity contribution in [1.82, 2.24) is 15.1 Å². The molecule has 1 fully saturated rings. The Hall–Kier alpha value is -0.650.